The van der Waals surface area contributed by atoms with Crippen LogP contribution in [0.25, 0.3) is 0 Å². The summed E-state index contributed by atoms with van der Waals surface area (Å²) in [6.45, 7) is -4.38. The van der Waals surface area contributed by atoms with Gasteiger partial charge in [-0.25, -0.2) is 0 Å². The molecule has 0 unspecified atom stereocenters. The minimum atomic E-state index is -4.78. The van der Waals surface area contributed by atoms with E-state index in [0.717, 1.165) is 39.6 Å². The third-order valence-corrected chi connectivity index (χ3v) is 20.0. The Bertz CT molecular complexity index is 1160. The summed E-state index contributed by atoms with van der Waals surface area (Å²) in [5, 5.41) is 2.29. The van der Waals surface area contributed by atoms with E-state index in [1.807, 2.05) is 109 Å². The van der Waals surface area contributed by atoms with Gasteiger partial charge in [-0.2, -0.15) is 0 Å². The van der Waals surface area contributed by atoms with E-state index in [9.17, 15) is 14.0 Å². The van der Waals surface area contributed by atoms with Crippen LogP contribution in [0.15, 0.2) is 121 Å². The average Bonchev–Trinajstić information content (AvgIpc) is 2.87. The number of hydrogen-bond donors (Lipinski definition) is 0. The predicted octanol–water partition coefficient (Wildman–Crippen LogP) is 1.26. The van der Waals surface area contributed by atoms with E-state index in [1.165, 1.54) is 0 Å². The van der Waals surface area contributed by atoms with Crippen LogP contribution >= 0.6 is 6.83 Å². The van der Waals surface area contributed by atoms with Crippen molar-refractivity contribution in [2.75, 3.05) is 0 Å². The monoisotopic (exact) mass is 572 g/mol. The van der Waals surface area contributed by atoms with Gasteiger partial charge in [-0.15, -0.1) is 0 Å². The van der Waals surface area contributed by atoms with Crippen LogP contribution in [0.1, 0.15) is 19.3 Å². The fraction of sp³-hybridized carbons (Fsp3) is 0.143. The van der Waals surface area contributed by atoms with E-state index < -0.39 is 21.1 Å². The van der Waals surface area contributed by atoms with Gasteiger partial charge < -0.3 is 0 Å². The Hall–Kier alpha value is -2.04. The first-order valence-electron chi connectivity index (χ1n) is 11.5. The van der Waals surface area contributed by atoms with E-state index in [4.69, 9.17) is 4.08 Å². The fourth-order valence-corrected chi connectivity index (χ4v) is 20.9. The van der Waals surface area contributed by atoms with Crippen molar-refractivity contribution in [3.63, 3.8) is 0 Å². The van der Waals surface area contributed by atoms with Gasteiger partial charge in [-0.3, -0.25) is 0 Å². The molecule has 0 atom stereocenters. The van der Waals surface area contributed by atoms with Crippen LogP contribution in [-0.2, 0) is 4.08 Å². The van der Waals surface area contributed by atoms with Gasteiger partial charge in [0, 0.05) is 0 Å². The fourth-order valence-electron chi connectivity index (χ4n) is 5.44. The summed E-state index contributed by atoms with van der Waals surface area (Å²) in [7, 11) is -4.78. The van der Waals surface area contributed by atoms with Gasteiger partial charge in [-0.05, 0) is 0 Å². The predicted molar refractivity (Wildman–Crippen MR) is 135 cm³/mol. The molecule has 0 heterocycles. The first-order chi connectivity index (χ1) is 16.9. The van der Waals surface area contributed by atoms with E-state index in [2.05, 4.69) is 12.1 Å². The van der Waals surface area contributed by atoms with Crippen LogP contribution in [0.2, 0.25) is 0 Å². The average molecular weight is 572 g/mol. The van der Waals surface area contributed by atoms with Crippen LogP contribution in [0.5, 0.6) is 0 Å². The van der Waals surface area contributed by atoms with Crippen molar-refractivity contribution >= 4 is 42.2 Å². The second-order valence-electron chi connectivity index (χ2n) is 8.70. The quantitative estimate of drug-likeness (QED) is 0.236. The first-order valence-corrected chi connectivity index (χ1v) is 16.6. The maximum absolute atomic E-state index is 12.8. The molecule has 0 aliphatic heterocycles. The third-order valence-electron chi connectivity index (χ3n) is 6.93. The molecule has 4 nitrogen and oxygen atoms in total. The standard InChI is InChI=1S/C28H26ClO4PSe/c30-29(31,32)33-34(24-14-5-1-6-15-24,25-16-7-2-8-17-25,26-18-9-3-10-19-26)28(22-13-23-28)35-27-20-11-4-12-21-27/h1-12,14-21H,13,22-23H2. The molecule has 0 radical (unpaired) electrons. The number of rotatable bonds is 8. The summed E-state index contributed by atoms with van der Waals surface area (Å²) in [6, 6.07) is 39.0. The van der Waals surface area contributed by atoms with Crippen molar-refractivity contribution in [1.82, 2.24) is 0 Å². The maximum atomic E-state index is 12.8. The van der Waals surface area contributed by atoms with E-state index in [-0.39, 0.29) is 15.0 Å². The molecule has 1 fully saturated rings. The van der Waals surface area contributed by atoms with E-state index in [0.29, 0.717) is 0 Å². The summed E-state index contributed by atoms with van der Waals surface area (Å²) in [6.07, 6.45) is 2.48. The molecular weight excluding hydrogens is 546 g/mol. The van der Waals surface area contributed by atoms with Crippen LogP contribution in [0, 0.1) is 10.2 Å². The van der Waals surface area contributed by atoms with E-state index in [1.54, 1.807) is 0 Å². The molecule has 1 aliphatic carbocycles. The summed E-state index contributed by atoms with van der Waals surface area (Å²) in [5.74, 6) is 0. The zero-order valence-corrected chi connectivity index (χ0v) is 22.4. The number of benzene rings is 4. The Labute approximate surface area is 214 Å². The Kier molecular flexibility index (Phi) is 6.65. The van der Waals surface area contributed by atoms with Crippen LogP contribution in [0.4, 0.5) is 0 Å². The molecule has 1 saturated carbocycles. The molecule has 7 heteroatoms. The summed E-state index contributed by atoms with van der Waals surface area (Å²) < 4.78 is 45.4. The molecule has 5 rings (SSSR count). The minimum absolute atomic E-state index is 0.188. The molecule has 4 aromatic carbocycles. The topological polar surface area (TPSA) is 78.4 Å². The molecule has 0 spiro atoms. The summed E-state index contributed by atoms with van der Waals surface area (Å²) >= 11 is -0.188. The zero-order chi connectivity index (χ0) is 24.4. The number of halogens is 1. The molecule has 4 aromatic rings. The molecular formula is C28H26ClO4PSe. The van der Waals surface area contributed by atoms with Crippen LogP contribution < -0.4 is 34.4 Å². The van der Waals surface area contributed by atoms with Crippen molar-refractivity contribution in [2.45, 2.75) is 23.3 Å². The zero-order valence-electron chi connectivity index (χ0n) is 19.0. The van der Waals surface area contributed by atoms with Gasteiger partial charge in [0.25, 0.3) is 0 Å². The van der Waals surface area contributed by atoms with Gasteiger partial charge >= 0.3 is 215 Å². The van der Waals surface area contributed by atoms with Crippen molar-refractivity contribution < 1.29 is 28.3 Å². The Morgan fingerprint density at radius 1 is 0.600 bits per heavy atom. The molecule has 0 aromatic heterocycles. The molecule has 0 amide bonds. The second kappa shape index (κ2) is 9.44. The number of hydrogen-bond acceptors (Lipinski definition) is 4. The van der Waals surface area contributed by atoms with Crippen LogP contribution in [-0.4, -0.2) is 19.0 Å². The molecule has 180 valence electrons. The van der Waals surface area contributed by atoms with Crippen molar-refractivity contribution in [2.24, 2.45) is 0 Å². The Morgan fingerprint density at radius 3 is 1.29 bits per heavy atom. The van der Waals surface area contributed by atoms with Crippen molar-refractivity contribution in [1.29, 1.82) is 0 Å². The van der Waals surface area contributed by atoms with Crippen molar-refractivity contribution in [3.8, 4) is 0 Å². The van der Waals surface area contributed by atoms with Gasteiger partial charge in [-0.1, -0.05) is 0 Å². The molecule has 1 aliphatic rings. The van der Waals surface area contributed by atoms with E-state index >= 15 is 0 Å². The van der Waals surface area contributed by atoms with Gasteiger partial charge in [0.1, 0.15) is 0 Å². The molecule has 0 saturated heterocycles. The van der Waals surface area contributed by atoms with Gasteiger partial charge in [0.05, 0.1) is 0 Å². The molecule has 0 bridgehead atoms. The Balaban J connectivity index is 1.98. The summed E-state index contributed by atoms with van der Waals surface area (Å²) in [5.41, 5.74) is 0. The second-order valence-corrected chi connectivity index (χ2v) is 18.2. The molecule has 35 heavy (non-hydrogen) atoms. The van der Waals surface area contributed by atoms with Gasteiger partial charge in [0.2, 0.25) is 0 Å². The third kappa shape index (κ3) is 3.88. The SMILES string of the molecule is [O-][Cl+3]([O-])([O-])OP(c1ccccc1)(c1ccccc1)(c1ccccc1)C1([Se]c2ccccc2)CCC1. The Morgan fingerprint density at radius 2 is 0.971 bits per heavy atom. The normalized spacial score (nSPS) is 16.6. The van der Waals surface area contributed by atoms with Gasteiger partial charge in [0.15, 0.2) is 0 Å². The van der Waals surface area contributed by atoms with Crippen LogP contribution in [0.3, 0.4) is 0 Å². The molecule has 0 N–H and O–H groups in total. The van der Waals surface area contributed by atoms with Crippen molar-refractivity contribution in [3.05, 3.63) is 121 Å². The first kappa shape index (κ1) is 24.6. The summed E-state index contributed by atoms with van der Waals surface area (Å²) in [4.78, 5) is 0.